The van der Waals surface area contributed by atoms with Crippen molar-refractivity contribution < 1.29 is 0 Å². The van der Waals surface area contributed by atoms with E-state index in [0.29, 0.717) is 0 Å². The molecule has 0 amide bonds. The smallest absolute Gasteiger partial charge is 0.0887 e. The van der Waals surface area contributed by atoms with Gasteiger partial charge < -0.3 is 0 Å². The third-order valence-corrected chi connectivity index (χ3v) is 3.86. The Morgan fingerprint density at radius 3 is 1.29 bits per heavy atom. The van der Waals surface area contributed by atoms with E-state index in [1.165, 1.54) is 0 Å². The van der Waals surface area contributed by atoms with E-state index in [-0.39, 0.29) is 0 Å². The summed E-state index contributed by atoms with van der Waals surface area (Å²) in [5, 5.41) is 0. The van der Waals surface area contributed by atoms with Gasteiger partial charge in [0.15, 0.2) is 0 Å². The van der Waals surface area contributed by atoms with Crippen LogP contribution in [0.3, 0.4) is 0 Å². The van der Waals surface area contributed by atoms with Gasteiger partial charge in [0, 0.05) is 35.9 Å². The van der Waals surface area contributed by atoms with Crippen molar-refractivity contribution in [2.24, 2.45) is 0 Å². The molecule has 4 nitrogen and oxygen atoms in total. The Balaban J connectivity index is 1.43. The Kier molecular flexibility index (Phi) is 5.15. The van der Waals surface area contributed by atoms with Crippen molar-refractivity contribution in [2.75, 3.05) is 0 Å². The highest BCUT2D eigenvalue weighted by Crippen LogP contribution is 2.14. The first kappa shape index (κ1) is 17.1. The lowest BCUT2D eigenvalue weighted by molar-refractivity contribution is 1.24. The van der Waals surface area contributed by atoms with Crippen LogP contribution in [0.4, 0.5) is 0 Å². The molecule has 0 aliphatic rings. The maximum absolute atomic E-state index is 4.40. The zero-order valence-electron chi connectivity index (χ0n) is 14.9. The van der Waals surface area contributed by atoms with E-state index in [1.807, 2.05) is 60.7 Å². The third kappa shape index (κ3) is 4.27. The van der Waals surface area contributed by atoms with E-state index in [9.17, 15) is 0 Å². The first-order valence-corrected chi connectivity index (χ1v) is 8.65. The van der Waals surface area contributed by atoms with Crippen LogP contribution in [-0.4, -0.2) is 19.9 Å². The summed E-state index contributed by atoms with van der Waals surface area (Å²) in [7, 11) is 0. The second-order valence-electron chi connectivity index (χ2n) is 5.79. The molecule has 4 aromatic heterocycles. The molecule has 4 heteroatoms. The molecule has 0 aliphatic carbocycles. The summed E-state index contributed by atoms with van der Waals surface area (Å²) < 4.78 is 0. The predicted molar refractivity (Wildman–Crippen MR) is 109 cm³/mol. The van der Waals surface area contributed by atoms with Gasteiger partial charge in [-0.25, -0.2) is 0 Å². The van der Waals surface area contributed by atoms with E-state index in [2.05, 4.69) is 43.6 Å². The van der Waals surface area contributed by atoms with Crippen molar-refractivity contribution in [3.63, 3.8) is 0 Å². The lowest BCUT2D eigenvalue weighted by Crippen LogP contribution is -1.87. The van der Waals surface area contributed by atoms with Crippen molar-refractivity contribution in [1.29, 1.82) is 0 Å². The highest BCUT2D eigenvalue weighted by atomic mass is 14.8. The van der Waals surface area contributed by atoms with Crippen LogP contribution in [0.25, 0.3) is 22.8 Å². The molecule has 0 N–H and O–H groups in total. The Morgan fingerprint density at radius 1 is 0.464 bits per heavy atom. The molecule has 0 unspecified atom stereocenters. The number of aromatic nitrogens is 4. The fraction of sp³-hybridized carbons (Fsp3) is 0. The van der Waals surface area contributed by atoms with Crippen LogP contribution < -0.4 is 0 Å². The lowest BCUT2D eigenvalue weighted by atomic mass is 10.2. The molecule has 28 heavy (non-hydrogen) atoms. The van der Waals surface area contributed by atoms with Crippen molar-refractivity contribution in [1.82, 2.24) is 19.9 Å². The summed E-state index contributed by atoms with van der Waals surface area (Å²) >= 11 is 0. The second-order valence-corrected chi connectivity index (χ2v) is 5.79. The maximum atomic E-state index is 4.40. The van der Waals surface area contributed by atoms with E-state index in [1.54, 1.807) is 24.8 Å². The first-order chi connectivity index (χ1) is 13.9. The summed E-state index contributed by atoms with van der Waals surface area (Å²) in [6.45, 7) is 0. The lowest BCUT2D eigenvalue weighted by Gasteiger charge is -1.98. The third-order valence-electron chi connectivity index (χ3n) is 3.86. The number of hydrogen-bond donors (Lipinski definition) is 0. The van der Waals surface area contributed by atoms with E-state index >= 15 is 0 Å². The fourth-order valence-electron chi connectivity index (χ4n) is 2.47. The first-order valence-electron chi connectivity index (χ1n) is 8.65. The van der Waals surface area contributed by atoms with Gasteiger partial charge in [-0.3, -0.25) is 19.9 Å². The van der Waals surface area contributed by atoms with Crippen molar-refractivity contribution in [2.45, 2.75) is 0 Å². The highest BCUT2D eigenvalue weighted by molar-refractivity contribution is 5.56. The number of rotatable bonds is 2. The summed E-state index contributed by atoms with van der Waals surface area (Å²) in [6, 6.07) is 19.1. The van der Waals surface area contributed by atoms with Gasteiger partial charge in [0.1, 0.15) is 0 Å². The Labute approximate surface area is 163 Å². The second kappa shape index (κ2) is 8.40. The van der Waals surface area contributed by atoms with Crippen LogP contribution in [-0.2, 0) is 0 Å². The molecule has 130 valence electrons. The van der Waals surface area contributed by atoms with Crippen molar-refractivity contribution >= 4 is 0 Å². The molecule has 0 atom stereocenters. The summed E-state index contributed by atoms with van der Waals surface area (Å²) in [6.07, 6.45) is 6.94. The molecule has 4 aromatic rings. The topological polar surface area (TPSA) is 51.6 Å². The maximum Gasteiger partial charge on any atom is 0.0887 e. The number of nitrogens with zero attached hydrogens (tertiary/aromatic N) is 4. The van der Waals surface area contributed by atoms with Gasteiger partial charge in [-0.15, -0.1) is 0 Å². The van der Waals surface area contributed by atoms with Gasteiger partial charge in [-0.05, 0) is 60.4 Å². The summed E-state index contributed by atoms with van der Waals surface area (Å²) in [4.78, 5) is 17.4. The van der Waals surface area contributed by atoms with Gasteiger partial charge in [0.2, 0.25) is 0 Å². The highest BCUT2D eigenvalue weighted by Gasteiger charge is 1.99. The summed E-state index contributed by atoms with van der Waals surface area (Å²) in [5.41, 5.74) is 4.91. The quantitative estimate of drug-likeness (QED) is 0.508. The van der Waals surface area contributed by atoms with Gasteiger partial charge in [-0.1, -0.05) is 24.0 Å². The zero-order valence-corrected chi connectivity index (χ0v) is 14.9. The summed E-state index contributed by atoms with van der Waals surface area (Å²) in [5.74, 6) is 11.7. The minimum absolute atomic E-state index is 0.803. The molecule has 4 rings (SSSR count). The SMILES string of the molecule is C(C#Cc1ccc(-c2ccccn2)nc1)#Cc1ccc(-c2ccccn2)nc1. The van der Waals surface area contributed by atoms with Crippen LogP contribution in [0.2, 0.25) is 0 Å². The predicted octanol–water partition coefficient (Wildman–Crippen LogP) is 4.00. The minimum atomic E-state index is 0.803. The molecule has 0 bridgehead atoms. The molecule has 0 aromatic carbocycles. The average Bonchev–Trinajstić information content (AvgIpc) is 2.79. The zero-order chi connectivity index (χ0) is 19.0. The molecule has 0 radical (unpaired) electrons. The molecular weight excluding hydrogens is 344 g/mol. The molecule has 0 saturated carbocycles. The Morgan fingerprint density at radius 2 is 0.929 bits per heavy atom. The van der Waals surface area contributed by atoms with Gasteiger partial charge >= 0.3 is 0 Å². The van der Waals surface area contributed by atoms with Crippen LogP contribution in [0.15, 0.2) is 85.5 Å². The normalized spacial score (nSPS) is 9.57. The standard InChI is InChI=1S/C24H14N4/c1(7-19-11-13-23(27-17-19)21-9-3-5-15-25-21)2-8-20-12-14-24(28-18-20)22-10-4-6-16-26-22/h3-6,9-18H. The largest absolute Gasteiger partial charge is 0.255 e. The van der Waals surface area contributed by atoms with Gasteiger partial charge in [0.25, 0.3) is 0 Å². The van der Waals surface area contributed by atoms with Crippen molar-refractivity contribution in [3.05, 3.63) is 96.6 Å². The Hall–Kier alpha value is -4.28. The number of pyridine rings is 4. The van der Waals surface area contributed by atoms with Crippen LogP contribution in [0.5, 0.6) is 0 Å². The van der Waals surface area contributed by atoms with E-state index < -0.39 is 0 Å². The average molecular weight is 358 g/mol. The molecule has 0 saturated heterocycles. The van der Waals surface area contributed by atoms with E-state index in [0.717, 1.165) is 33.9 Å². The van der Waals surface area contributed by atoms with E-state index in [4.69, 9.17) is 0 Å². The Bertz CT molecular complexity index is 1080. The molecule has 0 aliphatic heterocycles. The minimum Gasteiger partial charge on any atom is -0.255 e. The van der Waals surface area contributed by atoms with Crippen molar-refractivity contribution in [3.8, 4) is 46.5 Å². The van der Waals surface area contributed by atoms with Gasteiger partial charge in [0.05, 0.1) is 22.8 Å². The molecule has 0 fully saturated rings. The number of hydrogen-bond acceptors (Lipinski definition) is 4. The van der Waals surface area contributed by atoms with Crippen LogP contribution in [0, 0.1) is 23.7 Å². The molecular formula is C24H14N4. The molecule has 4 heterocycles. The monoisotopic (exact) mass is 358 g/mol. The van der Waals surface area contributed by atoms with Gasteiger partial charge in [-0.2, -0.15) is 0 Å². The van der Waals surface area contributed by atoms with Crippen LogP contribution >= 0.6 is 0 Å². The molecule has 0 spiro atoms. The van der Waals surface area contributed by atoms with Crippen LogP contribution in [0.1, 0.15) is 11.1 Å². The fourth-order valence-corrected chi connectivity index (χ4v) is 2.47.